The summed E-state index contributed by atoms with van der Waals surface area (Å²) in [6, 6.07) is 11.0. The number of piperazine rings is 1. The molecule has 0 aliphatic carbocycles. The quantitative estimate of drug-likeness (QED) is 0.809. The van der Waals surface area contributed by atoms with Crippen LogP contribution in [0, 0.1) is 0 Å². The van der Waals surface area contributed by atoms with Crippen molar-refractivity contribution in [1.82, 2.24) is 9.88 Å². The third kappa shape index (κ3) is 2.99. The van der Waals surface area contributed by atoms with E-state index < -0.39 is 0 Å². The molecule has 1 saturated heterocycles. The van der Waals surface area contributed by atoms with Crippen LogP contribution in [0.2, 0.25) is 0 Å². The zero-order chi connectivity index (χ0) is 14.8. The molecule has 2 aromatic rings. The number of aromatic nitrogens is 1. The van der Waals surface area contributed by atoms with Gasteiger partial charge in [0.2, 0.25) is 0 Å². The van der Waals surface area contributed by atoms with Gasteiger partial charge in [0.05, 0.1) is 5.52 Å². The van der Waals surface area contributed by atoms with Crippen LogP contribution in [-0.4, -0.2) is 42.1 Å². The average Bonchev–Trinajstić information content (AvgIpc) is 2.53. The van der Waals surface area contributed by atoms with E-state index in [9.17, 15) is 0 Å². The van der Waals surface area contributed by atoms with Crippen molar-refractivity contribution in [2.75, 3.05) is 31.1 Å². The Morgan fingerprint density at radius 3 is 2.52 bits per heavy atom. The van der Waals surface area contributed by atoms with E-state index >= 15 is 0 Å². The number of para-hydroxylation sites is 1. The number of alkyl halides is 1. The normalized spacial score (nSPS) is 16.9. The number of anilines is 1. The summed E-state index contributed by atoms with van der Waals surface area (Å²) in [5.74, 6) is 1.59. The molecule has 1 aliphatic rings. The molecule has 0 bridgehead atoms. The molecule has 1 aromatic carbocycles. The lowest BCUT2D eigenvalue weighted by atomic mass is 10.1. The van der Waals surface area contributed by atoms with Crippen LogP contribution in [0.4, 0.5) is 5.82 Å². The first-order valence-electron chi connectivity index (χ1n) is 7.62. The van der Waals surface area contributed by atoms with Gasteiger partial charge in [0.25, 0.3) is 0 Å². The van der Waals surface area contributed by atoms with Gasteiger partial charge >= 0.3 is 0 Å². The molecule has 3 nitrogen and oxygen atoms in total. The number of pyridine rings is 1. The lowest BCUT2D eigenvalue weighted by molar-refractivity contribution is 0.209. The van der Waals surface area contributed by atoms with Crippen LogP contribution >= 0.6 is 11.6 Å². The predicted molar refractivity (Wildman–Crippen MR) is 90.2 cm³/mol. The molecular weight excluding hydrogens is 282 g/mol. The third-order valence-electron chi connectivity index (χ3n) is 4.30. The van der Waals surface area contributed by atoms with Crippen LogP contribution in [0.1, 0.15) is 19.4 Å². The fraction of sp³-hybridized carbons (Fsp3) is 0.471. The van der Waals surface area contributed by atoms with E-state index in [-0.39, 0.29) is 0 Å². The van der Waals surface area contributed by atoms with Gasteiger partial charge in [0, 0.05) is 43.5 Å². The first-order chi connectivity index (χ1) is 10.2. The summed E-state index contributed by atoms with van der Waals surface area (Å²) in [5.41, 5.74) is 2.21. The Balaban J connectivity index is 1.88. The summed E-state index contributed by atoms with van der Waals surface area (Å²) in [5, 5.41) is 1.16. The molecule has 0 atom stereocenters. The predicted octanol–water partition coefficient (Wildman–Crippen LogP) is 3.50. The largest absolute Gasteiger partial charge is 0.354 e. The molecule has 0 unspecified atom stereocenters. The minimum absolute atomic E-state index is 0.530. The van der Waals surface area contributed by atoms with Crippen molar-refractivity contribution in [3.05, 3.63) is 35.9 Å². The van der Waals surface area contributed by atoms with Gasteiger partial charge in [-0.3, -0.25) is 4.90 Å². The van der Waals surface area contributed by atoms with Crippen LogP contribution < -0.4 is 4.90 Å². The Hall–Kier alpha value is -1.32. The number of halogens is 1. The molecule has 1 fully saturated rings. The van der Waals surface area contributed by atoms with Crippen LogP contribution in [-0.2, 0) is 5.88 Å². The number of nitrogens with zero attached hydrogens (tertiary/aromatic N) is 3. The van der Waals surface area contributed by atoms with Crippen molar-refractivity contribution < 1.29 is 0 Å². The molecule has 0 saturated carbocycles. The molecule has 0 amide bonds. The SMILES string of the molecule is CC(C)N1CCN(c2cc(CCl)c3ccccc3n2)CC1. The first kappa shape index (κ1) is 14.6. The number of benzene rings is 1. The second-order valence-corrected chi connectivity index (χ2v) is 6.17. The molecule has 0 radical (unpaired) electrons. The standard InChI is InChI=1S/C17H22ClN3/c1-13(2)20-7-9-21(10-8-20)17-11-14(12-18)15-5-3-4-6-16(15)19-17/h3-6,11,13H,7-10,12H2,1-2H3. The molecule has 112 valence electrons. The maximum absolute atomic E-state index is 6.13. The average molecular weight is 304 g/mol. The van der Waals surface area contributed by atoms with Crippen molar-refractivity contribution in [3.63, 3.8) is 0 Å². The summed E-state index contributed by atoms with van der Waals surface area (Å²) in [7, 11) is 0. The van der Waals surface area contributed by atoms with E-state index in [1.165, 1.54) is 5.56 Å². The highest BCUT2D eigenvalue weighted by molar-refractivity contribution is 6.18. The minimum Gasteiger partial charge on any atom is -0.354 e. The van der Waals surface area contributed by atoms with Crippen molar-refractivity contribution in [2.45, 2.75) is 25.8 Å². The number of hydrogen-bond donors (Lipinski definition) is 0. The minimum atomic E-state index is 0.530. The molecule has 0 spiro atoms. The van der Waals surface area contributed by atoms with E-state index in [1.807, 2.05) is 12.1 Å². The number of hydrogen-bond acceptors (Lipinski definition) is 3. The van der Waals surface area contributed by atoms with Crippen molar-refractivity contribution in [1.29, 1.82) is 0 Å². The van der Waals surface area contributed by atoms with Gasteiger partial charge in [-0.15, -0.1) is 11.6 Å². The monoisotopic (exact) mass is 303 g/mol. The maximum Gasteiger partial charge on any atom is 0.129 e. The van der Waals surface area contributed by atoms with Gasteiger partial charge < -0.3 is 4.90 Å². The van der Waals surface area contributed by atoms with E-state index in [2.05, 4.69) is 41.8 Å². The van der Waals surface area contributed by atoms with Crippen molar-refractivity contribution in [2.24, 2.45) is 0 Å². The molecule has 21 heavy (non-hydrogen) atoms. The van der Waals surface area contributed by atoms with Crippen LogP contribution in [0.5, 0.6) is 0 Å². The van der Waals surface area contributed by atoms with Crippen LogP contribution in [0.25, 0.3) is 10.9 Å². The molecule has 0 N–H and O–H groups in total. The Labute approximate surface area is 131 Å². The summed E-state index contributed by atoms with van der Waals surface area (Å²) < 4.78 is 0. The van der Waals surface area contributed by atoms with Crippen molar-refractivity contribution in [3.8, 4) is 0 Å². The fourth-order valence-corrected chi connectivity index (χ4v) is 3.19. The second-order valence-electron chi connectivity index (χ2n) is 5.91. The summed E-state index contributed by atoms with van der Waals surface area (Å²) in [6.45, 7) is 8.78. The van der Waals surface area contributed by atoms with Gasteiger partial charge in [-0.25, -0.2) is 4.98 Å². The Morgan fingerprint density at radius 1 is 1.14 bits per heavy atom. The zero-order valence-electron chi connectivity index (χ0n) is 12.7. The van der Waals surface area contributed by atoms with Crippen molar-refractivity contribution >= 4 is 28.3 Å². The summed E-state index contributed by atoms with van der Waals surface area (Å²) >= 11 is 6.13. The Bertz CT molecular complexity index is 618. The van der Waals surface area contributed by atoms with Gasteiger partial charge in [-0.2, -0.15) is 0 Å². The third-order valence-corrected chi connectivity index (χ3v) is 4.59. The van der Waals surface area contributed by atoms with Crippen LogP contribution in [0.3, 0.4) is 0 Å². The summed E-state index contributed by atoms with van der Waals surface area (Å²) in [4.78, 5) is 9.72. The molecule has 4 heteroatoms. The van der Waals surface area contributed by atoms with E-state index in [1.54, 1.807) is 0 Å². The lowest BCUT2D eigenvalue weighted by Crippen LogP contribution is -2.49. The number of rotatable bonds is 3. The second kappa shape index (κ2) is 6.20. The molecular formula is C17H22ClN3. The van der Waals surface area contributed by atoms with Crippen LogP contribution in [0.15, 0.2) is 30.3 Å². The highest BCUT2D eigenvalue weighted by atomic mass is 35.5. The molecule has 3 rings (SSSR count). The Kier molecular flexibility index (Phi) is 4.32. The molecule has 1 aromatic heterocycles. The first-order valence-corrected chi connectivity index (χ1v) is 8.16. The highest BCUT2D eigenvalue weighted by Gasteiger charge is 2.20. The van der Waals surface area contributed by atoms with E-state index in [0.29, 0.717) is 11.9 Å². The van der Waals surface area contributed by atoms with E-state index in [0.717, 1.165) is 42.9 Å². The topological polar surface area (TPSA) is 19.4 Å². The molecule has 1 aliphatic heterocycles. The maximum atomic E-state index is 6.13. The van der Waals surface area contributed by atoms with E-state index in [4.69, 9.17) is 16.6 Å². The Morgan fingerprint density at radius 2 is 1.86 bits per heavy atom. The molecule has 2 heterocycles. The highest BCUT2D eigenvalue weighted by Crippen LogP contribution is 2.25. The smallest absolute Gasteiger partial charge is 0.129 e. The lowest BCUT2D eigenvalue weighted by Gasteiger charge is -2.37. The number of fused-ring (bicyclic) bond motifs is 1. The van der Waals surface area contributed by atoms with Gasteiger partial charge in [0.1, 0.15) is 5.82 Å². The van der Waals surface area contributed by atoms with Gasteiger partial charge in [-0.1, -0.05) is 18.2 Å². The van der Waals surface area contributed by atoms with Gasteiger partial charge in [0.15, 0.2) is 0 Å². The fourth-order valence-electron chi connectivity index (χ4n) is 2.97. The zero-order valence-corrected chi connectivity index (χ0v) is 13.5. The van der Waals surface area contributed by atoms with Gasteiger partial charge in [-0.05, 0) is 31.5 Å². The summed E-state index contributed by atoms with van der Waals surface area (Å²) in [6.07, 6.45) is 0.